The summed E-state index contributed by atoms with van der Waals surface area (Å²) in [5.41, 5.74) is 1.18. The van der Waals surface area contributed by atoms with Gasteiger partial charge in [-0.15, -0.1) is 0 Å². The fourth-order valence-corrected chi connectivity index (χ4v) is 3.49. The number of benzene rings is 2. The lowest BCUT2D eigenvalue weighted by atomic mass is 10.0. The Hall–Kier alpha value is -3.09. The first-order valence-corrected chi connectivity index (χ1v) is 9.55. The van der Waals surface area contributed by atoms with Crippen LogP contribution in [0.5, 0.6) is 11.5 Å². The molecule has 3 rings (SSSR count). The van der Waals surface area contributed by atoms with Crippen molar-refractivity contribution >= 4 is 11.8 Å². The topological polar surface area (TPSA) is 67.9 Å². The summed E-state index contributed by atoms with van der Waals surface area (Å²) in [4.78, 5) is 26.6. The van der Waals surface area contributed by atoms with Crippen molar-refractivity contribution in [1.29, 1.82) is 0 Å². The molecule has 2 aromatic rings. The molecule has 1 N–H and O–H groups in total. The molecular weight excluding hydrogens is 375 g/mol. The van der Waals surface area contributed by atoms with Crippen molar-refractivity contribution in [2.45, 2.75) is 25.3 Å². The fourth-order valence-electron chi connectivity index (χ4n) is 3.49. The van der Waals surface area contributed by atoms with E-state index in [1.165, 1.54) is 18.2 Å². The molecular formula is C22H25FN2O4. The molecule has 0 saturated carbocycles. The van der Waals surface area contributed by atoms with Crippen molar-refractivity contribution in [3.63, 3.8) is 0 Å². The van der Waals surface area contributed by atoms with Crippen molar-refractivity contribution in [3.05, 3.63) is 59.4 Å². The molecule has 0 spiro atoms. The maximum Gasteiger partial charge on any atom is 0.253 e. The van der Waals surface area contributed by atoms with Gasteiger partial charge in [-0.1, -0.05) is 12.1 Å². The third-order valence-electron chi connectivity index (χ3n) is 5.03. The van der Waals surface area contributed by atoms with Gasteiger partial charge in [0, 0.05) is 24.7 Å². The molecule has 1 fully saturated rings. The van der Waals surface area contributed by atoms with Crippen LogP contribution in [0.1, 0.15) is 28.8 Å². The zero-order valence-corrected chi connectivity index (χ0v) is 16.6. The molecule has 0 radical (unpaired) electrons. The Bertz CT molecular complexity index is 879. The van der Waals surface area contributed by atoms with Gasteiger partial charge in [0.2, 0.25) is 5.91 Å². The summed E-state index contributed by atoms with van der Waals surface area (Å²) in [6, 6.07) is 11.1. The SMILES string of the molecule is COc1ccc(CC(=O)NC2CCN(C(=O)c3cccc(F)c3)CC2)cc1OC. The summed E-state index contributed by atoms with van der Waals surface area (Å²) in [5, 5.41) is 3.03. The van der Waals surface area contributed by atoms with Gasteiger partial charge in [-0.25, -0.2) is 4.39 Å². The van der Waals surface area contributed by atoms with Gasteiger partial charge < -0.3 is 19.7 Å². The van der Waals surface area contributed by atoms with Gasteiger partial charge in [0.15, 0.2) is 11.5 Å². The maximum atomic E-state index is 13.3. The standard InChI is InChI=1S/C22H25FN2O4/c1-28-19-7-6-15(12-20(19)29-2)13-21(26)24-18-8-10-25(11-9-18)22(27)16-4-3-5-17(23)14-16/h3-7,12,14,18H,8-11,13H2,1-2H3,(H,24,26). The Labute approximate surface area is 169 Å². The minimum atomic E-state index is -0.423. The van der Waals surface area contributed by atoms with Gasteiger partial charge in [0.25, 0.3) is 5.91 Å². The van der Waals surface area contributed by atoms with E-state index in [9.17, 15) is 14.0 Å². The van der Waals surface area contributed by atoms with Crippen molar-refractivity contribution in [1.82, 2.24) is 10.2 Å². The molecule has 0 aliphatic carbocycles. The van der Waals surface area contributed by atoms with Crippen LogP contribution in [0, 0.1) is 5.82 Å². The molecule has 0 aromatic heterocycles. The molecule has 0 atom stereocenters. The lowest BCUT2D eigenvalue weighted by Gasteiger charge is -2.32. The Balaban J connectivity index is 1.50. The molecule has 2 amide bonds. The number of nitrogens with zero attached hydrogens (tertiary/aromatic N) is 1. The molecule has 6 nitrogen and oxygen atoms in total. The molecule has 154 valence electrons. The molecule has 1 aliphatic heterocycles. The highest BCUT2D eigenvalue weighted by atomic mass is 19.1. The molecule has 2 aromatic carbocycles. The van der Waals surface area contributed by atoms with Gasteiger partial charge in [-0.3, -0.25) is 9.59 Å². The van der Waals surface area contributed by atoms with E-state index in [-0.39, 0.29) is 24.3 Å². The van der Waals surface area contributed by atoms with Gasteiger partial charge in [0.1, 0.15) is 5.82 Å². The van der Waals surface area contributed by atoms with Crippen molar-refractivity contribution in [3.8, 4) is 11.5 Å². The van der Waals surface area contributed by atoms with Gasteiger partial charge in [0.05, 0.1) is 20.6 Å². The average molecular weight is 400 g/mol. The predicted molar refractivity (Wildman–Crippen MR) is 107 cm³/mol. The number of hydrogen-bond donors (Lipinski definition) is 1. The highest BCUT2D eigenvalue weighted by molar-refractivity contribution is 5.94. The number of likely N-dealkylation sites (tertiary alicyclic amines) is 1. The summed E-state index contributed by atoms with van der Waals surface area (Å²) in [5.74, 6) is 0.522. The van der Waals surface area contributed by atoms with Crippen molar-refractivity contribution in [2.24, 2.45) is 0 Å². The first kappa shape index (κ1) is 20.6. The summed E-state index contributed by atoms with van der Waals surface area (Å²) in [6.07, 6.45) is 1.57. The van der Waals surface area contributed by atoms with Crippen LogP contribution in [0.4, 0.5) is 4.39 Å². The number of carbonyl (C=O) groups excluding carboxylic acids is 2. The van der Waals surface area contributed by atoms with Crippen LogP contribution in [0.3, 0.4) is 0 Å². The number of amides is 2. The van der Waals surface area contributed by atoms with Crippen molar-refractivity contribution in [2.75, 3.05) is 27.3 Å². The van der Waals surface area contributed by atoms with Gasteiger partial charge >= 0.3 is 0 Å². The number of ether oxygens (including phenoxy) is 2. The van der Waals surface area contributed by atoms with E-state index >= 15 is 0 Å². The molecule has 1 aliphatic rings. The molecule has 7 heteroatoms. The lowest BCUT2D eigenvalue weighted by molar-refractivity contribution is -0.121. The van der Waals surface area contributed by atoms with E-state index in [4.69, 9.17) is 9.47 Å². The van der Waals surface area contributed by atoms with E-state index in [1.54, 1.807) is 37.3 Å². The average Bonchev–Trinajstić information content (AvgIpc) is 2.73. The van der Waals surface area contributed by atoms with E-state index in [2.05, 4.69) is 5.32 Å². The predicted octanol–water partition coefficient (Wildman–Crippen LogP) is 2.81. The fraction of sp³-hybridized carbons (Fsp3) is 0.364. The van der Waals surface area contributed by atoms with E-state index in [1.807, 2.05) is 6.07 Å². The lowest BCUT2D eigenvalue weighted by Crippen LogP contribution is -2.46. The number of rotatable bonds is 6. The Morgan fingerprint density at radius 3 is 2.45 bits per heavy atom. The first-order valence-electron chi connectivity index (χ1n) is 9.55. The Morgan fingerprint density at radius 2 is 1.79 bits per heavy atom. The van der Waals surface area contributed by atoms with Gasteiger partial charge in [-0.05, 0) is 48.7 Å². The van der Waals surface area contributed by atoms with Crippen LogP contribution in [-0.4, -0.2) is 50.1 Å². The Morgan fingerprint density at radius 1 is 1.07 bits per heavy atom. The molecule has 1 saturated heterocycles. The zero-order valence-electron chi connectivity index (χ0n) is 16.6. The highest BCUT2D eigenvalue weighted by Crippen LogP contribution is 2.27. The van der Waals surface area contributed by atoms with Crippen molar-refractivity contribution < 1.29 is 23.5 Å². The minimum absolute atomic E-state index is 0.0132. The smallest absolute Gasteiger partial charge is 0.253 e. The van der Waals surface area contributed by atoms with Crippen LogP contribution in [0.2, 0.25) is 0 Å². The number of hydrogen-bond acceptors (Lipinski definition) is 4. The number of piperidine rings is 1. The minimum Gasteiger partial charge on any atom is -0.493 e. The maximum absolute atomic E-state index is 13.3. The quantitative estimate of drug-likeness (QED) is 0.810. The number of halogens is 1. The molecule has 1 heterocycles. The van der Waals surface area contributed by atoms with E-state index in [0.29, 0.717) is 43.0 Å². The van der Waals surface area contributed by atoms with Crippen LogP contribution in [0.15, 0.2) is 42.5 Å². The highest BCUT2D eigenvalue weighted by Gasteiger charge is 2.25. The second-order valence-electron chi connectivity index (χ2n) is 7.01. The molecule has 0 bridgehead atoms. The number of methoxy groups -OCH3 is 2. The summed E-state index contributed by atoms with van der Waals surface area (Å²) >= 11 is 0. The zero-order chi connectivity index (χ0) is 20.8. The summed E-state index contributed by atoms with van der Waals surface area (Å²) in [6.45, 7) is 1.05. The summed E-state index contributed by atoms with van der Waals surface area (Å²) < 4.78 is 23.8. The second-order valence-corrected chi connectivity index (χ2v) is 7.01. The summed E-state index contributed by atoms with van der Waals surface area (Å²) in [7, 11) is 3.12. The third kappa shape index (κ3) is 5.25. The molecule has 29 heavy (non-hydrogen) atoms. The second kappa shape index (κ2) is 9.41. The van der Waals surface area contributed by atoms with Gasteiger partial charge in [-0.2, -0.15) is 0 Å². The number of carbonyl (C=O) groups is 2. The normalized spacial score (nSPS) is 14.4. The van der Waals surface area contributed by atoms with Crippen LogP contribution in [-0.2, 0) is 11.2 Å². The van der Waals surface area contributed by atoms with E-state index < -0.39 is 5.82 Å². The van der Waals surface area contributed by atoms with Crippen LogP contribution < -0.4 is 14.8 Å². The number of nitrogens with one attached hydrogen (secondary N) is 1. The largest absolute Gasteiger partial charge is 0.493 e. The molecule has 0 unspecified atom stereocenters. The third-order valence-corrected chi connectivity index (χ3v) is 5.03. The van der Waals surface area contributed by atoms with Crippen LogP contribution >= 0.6 is 0 Å². The first-order chi connectivity index (χ1) is 14.0. The van der Waals surface area contributed by atoms with Crippen LogP contribution in [0.25, 0.3) is 0 Å². The van der Waals surface area contributed by atoms with E-state index in [0.717, 1.165) is 5.56 Å². The Kier molecular flexibility index (Phi) is 6.69. The monoisotopic (exact) mass is 400 g/mol.